The zero-order valence-electron chi connectivity index (χ0n) is 19.5. The van der Waals surface area contributed by atoms with Crippen LogP contribution in [0.3, 0.4) is 0 Å². The fourth-order valence-electron chi connectivity index (χ4n) is 4.32. The molecule has 1 fully saturated rings. The molecule has 2 aromatic heterocycles. The Hall–Kier alpha value is -4.17. The van der Waals surface area contributed by atoms with Crippen molar-refractivity contribution in [2.45, 2.75) is 18.0 Å². The highest BCUT2D eigenvalue weighted by atomic mass is 32.2. The van der Waals surface area contributed by atoms with Crippen molar-refractivity contribution in [2.75, 3.05) is 24.3 Å². The molecule has 12 nitrogen and oxygen atoms in total. The van der Waals surface area contributed by atoms with Crippen LogP contribution in [0, 0.1) is 0 Å². The highest BCUT2D eigenvalue weighted by Crippen LogP contribution is 2.40. The number of oxime groups is 1. The first-order valence-electron chi connectivity index (χ1n) is 11.0. The number of pyridine rings is 1. The number of carbonyl (C=O) groups is 3. The van der Waals surface area contributed by atoms with Crippen LogP contribution < -0.4 is 21.4 Å². The predicted octanol–water partition coefficient (Wildman–Crippen LogP) is 0.538. The Labute approximate surface area is 218 Å². The van der Waals surface area contributed by atoms with Gasteiger partial charge in [0.15, 0.2) is 29.8 Å². The summed E-state index contributed by atoms with van der Waals surface area (Å²) in [5.41, 5.74) is 12.9. The molecule has 0 saturated carbocycles. The number of nitrogen functional groups attached to an aromatic ring is 2. The Bertz CT molecular complexity index is 1500. The van der Waals surface area contributed by atoms with Gasteiger partial charge in [-0.25, -0.2) is 14.3 Å². The van der Waals surface area contributed by atoms with Crippen LogP contribution in [-0.4, -0.2) is 62.8 Å². The summed E-state index contributed by atoms with van der Waals surface area (Å²) < 4.78 is 1.86. The molecule has 190 valence electrons. The van der Waals surface area contributed by atoms with E-state index < -0.39 is 29.2 Å². The number of thiazole rings is 1. The molecule has 0 spiro atoms. The molecule has 0 bridgehead atoms. The summed E-state index contributed by atoms with van der Waals surface area (Å²) in [5, 5.41) is 19.4. The first kappa shape index (κ1) is 24.5. The SMILES string of the molecule is CON=C(C(=O)NC1C(=O)N2C(C(=O)O)=C(C[n+]3ccc4c(N)cccc4c3)CS[C@@H]12)c1csc(N)n1. The molecule has 3 aromatic rings. The molecule has 2 atom stereocenters. The van der Waals surface area contributed by atoms with Crippen molar-refractivity contribution in [3.05, 3.63) is 59.0 Å². The lowest BCUT2D eigenvalue weighted by atomic mass is 10.0. The summed E-state index contributed by atoms with van der Waals surface area (Å²) in [4.78, 5) is 48.2. The number of amides is 2. The molecule has 1 saturated heterocycles. The van der Waals surface area contributed by atoms with Crippen LogP contribution in [0.15, 0.2) is 58.5 Å². The fourth-order valence-corrected chi connectivity index (χ4v) is 6.21. The van der Waals surface area contributed by atoms with E-state index in [1.165, 1.54) is 23.8 Å². The standard InChI is InChI=1S/C23H21N7O5S2/c1-35-28-16(15-10-37-23(25)26-15)19(31)27-17-20(32)30-18(22(33)34)12(9-36-21(17)30)8-29-6-5-13-11(7-29)3-2-4-14(13)24/h2-7,10,17,21H,8-9,24H2,1H3,(H3-,25,26,27,31,33,34)/p+1/t17?,21-/m0/s1. The maximum atomic E-state index is 13.1. The molecule has 6 N–H and O–H groups in total. The lowest BCUT2D eigenvalue weighted by Gasteiger charge is -2.49. The molecule has 1 aromatic carbocycles. The number of hydrogen-bond acceptors (Lipinski definition) is 10. The van der Waals surface area contributed by atoms with Gasteiger partial charge in [0.2, 0.25) is 0 Å². The van der Waals surface area contributed by atoms with Gasteiger partial charge < -0.3 is 26.7 Å². The average molecular weight is 541 g/mol. The minimum Gasteiger partial charge on any atom is -0.477 e. The number of β-lactam (4-membered cyclic amide) rings is 1. The number of rotatable bonds is 7. The van der Waals surface area contributed by atoms with E-state index in [0.29, 0.717) is 17.0 Å². The van der Waals surface area contributed by atoms with Crippen LogP contribution in [0.1, 0.15) is 5.69 Å². The van der Waals surface area contributed by atoms with Crippen LogP contribution in [0.4, 0.5) is 10.8 Å². The summed E-state index contributed by atoms with van der Waals surface area (Å²) >= 11 is 2.51. The quantitative estimate of drug-likeness (QED) is 0.109. The molecular formula is C23H22N7O5S2+. The van der Waals surface area contributed by atoms with Crippen molar-refractivity contribution in [3.63, 3.8) is 0 Å². The zero-order chi connectivity index (χ0) is 26.3. The van der Waals surface area contributed by atoms with Gasteiger partial charge in [-0.15, -0.1) is 23.1 Å². The van der Waals surface area contributed by atoms with E-state index in [9.17, 15) is 19.5 Å². The van der Waals surface area contributed by atoms with Gasteiger partial charge in [0.1, 0.15) is 29.9 Å². The topological polar surface area (TPSA) is 177 Å². The minimum absolute atomic E-state index is 0.0718. The minimum atomic E-state index is -1.20. The number of hydrogen-bond donors (Lipinski definition) is 4. The second kappa shape index (κ2) is 9.71. The van der Waals surface area contributed by atoms with Crippen molar-refractivity contribution >= 4 is 68.2 Å². The second-order valence-electron chi connectivity index (χ2n) is 8.28. The Balaban J connectivity index is 1.36. The number of anilines is 2. The van der Waals surface area contributed by atoms with E-state index in [1.807, 2.05) is 41.2 Å². The molecule has 2 aliphatic heterocycles. The molecular weight excluding hydrogens is 518 g/mol. The van der Waals surface area contributed by atoms with E-state index >= 15 is 0 Å². The average Bonchev–Trinajstić information content (AvgIpc) is 3.31. The van der Waals surface area contributed by atoms with E-state index in [-0.39, 0.29) is 28.8 Å². The largest absolute Gasteiger partial charge is 0.477 e. The van der Waals surface area contributed by atoms with Gasteiger partial charge in [0.25, 0.3) is 11.8 Å². The lowest BCUT2D eigenvalue weighted by Crippen LogP contribution is -2.71. The highest BCUT2D eigenvalue weighted by Gasteiger charge is 2.54. The van der Waals surface area contributed by atoms with Crippen molar-refractivity contribution in [1.82, 2.24) is 15.2 Å². The van der Waals surface area contributed by atoms with Gasteiger partial charge in [-0.3, -0.25) is 14.5 Å². The zero-order valence-corrected chi connectivity index (χ0v) is 21.1. The third-order valence-electron chi connectivity index (χ3n) is 5.98. The Morgan fingerprint density at radius 1 is 1.35 bits per heavy atom. The molecule has 2 amide bonds. The normalized spacial score (nSPS) is 19.4. The predicted molar refractivity (Wildman–Crippen MR) is 138 cm³/mol. The fraction of sp³-hybridized carbons (Fsp3) is 0.217. The Morgan fingerprint density at radius 2 is 2.16 bits per heavy atom. The molecule has 5 rings (SSSR count). The monoisotopic (exact) mass is 540 g/mol. The number of nitrogens with two attached hydrogens (primary N) is 2. The smallest absolute Gasteiger partial charge is 0.352 e. The van der Waals surface area contributed by atoms with Crippen molar-refractivity contribution in [2.24, 2.45) is 5.16 Å². The maximum absolute atomic E-state index is 13.1. The third-order valence-corrected chi connectivity index (χ3v) is 8.00. The van der Waals surface area contributed by atoms with Crippen molar-refractivity contribution in [1.29, 1.82) is 0 Å². The van der Waals surface area contributed by atoms with Gasteiger partial charge in [-0.1, -0.05) is 11.2 Å². The highest BCUT2D eigenvalue weighted by molar-refractivity contribution is 8.00. The number of nitrogens with one attached hydrogen (secondary N) is 1. The Kier molecular flexibility index (Phi) is 6.43. The summed E-state index contributed by atoms with van der Waals surface area (Å²) in [6.07, 6.45) is 3.71. The number of aromatic nitrogens is 2. The van der Waals surface area contributed by atoms with Crippen LogP contribution in [0.2, 0.25) is 0 Å². The van der Waals surface area contributed by atoms with Gasteiger partial charge in [-0.05, 0) is 12.1 Å². The van der Waals surface area contributed by atoms with Crippen molar-refractivity contribution < 1.29 is 28.9 Å². The van der Waals surface area contributed by atoms with Crippen molar-refractivity contribution in [3.8, 4) is 0 Å². The number of nitrogens with zero attached hydrogens (tertiary/aromatic N) is 4. The first-order chi connectivity index (χ1) is 17.8. The van der Waals surface area contributed by atoms with E-state index in [1.54, 1.807) is 5.38 Å². The van der Waals surface area contributed by atoms with E-state index in [0.717, 1.165) is 22.1 Å². The number of carboxylic acids is 1. The van der Waals surface area contributed by atoms with Gasteiger partial charge in [-0.2, -0.15) is 0 Å². The van der Waals surface area contributed by atoms with Crippen LogP contribution >= 0.6 is 23.1 Å². The van der Waals surface area contributed by atoms with Gasteiger partial charge >= 0.3 is 5.97 Å². The summed E-state index contributed by atoms with van der Waals surface area (Å²) in [6.45, 7) is 0.281. The molecule has 14 heteroatoms. The van der Waals surface area contributed by atoms with Crippen LogP contribution in [0.5, 0.6) is 0 Å². The molecule has 37 heavy (non-hydrogen) atoms. The molecule has 1 unspecified atom stereocenters. The summed E-state index contributed by atoms with van der Waals surface area (Å²) in [7, 11) is 1.28. The summed E-state index contributed by atoms with van der Waals surface area (Å²) in [5.74, 6) is -2.04. The number of carboxylic acid groups (broad SMARTS) is 1. The van der Waals surface area contributed by atoms with Gasteiger partial charge in [0.05, 0.1) is 0 Å². The lowest BCUT2D eigenvalue weighted by molar-refractivity contribution is -0.687. The number of fused-ring (bicyclic) bond motifs is 2. The first-order valence-corrected chi connectivity index (χ1v) is 12.9. The molecule has 0 aliphatic carbocycles. The van der Waals surface area contributed by atoms with Crippen LogP contribution in [-0.2, 0) is 25.8 Å². The number of thioether (sulfide) groups is 1. The summed E-state index contributed by atoms with van der Waals surface area (Å²) in [6, 6.07) is 6.54. The van der Waals surface area contributed by atoms with E-state index in [4.69, 9.17) is 16.3 Å². The van der Waals surface area contributed by atoms with Crippen LogP contribution in [0.25, 0.3) is 10.8 Å². The Morgan fingerprint density at radius 3 is 2.86 bits per heavy atom. The van der Waals surface area contributed by atoms with E-state index in [2.05, 4.69) is 15.5 Å². The molecule has 4 heterocycles. The number of aliphatic carboxylic acids is 1. The molecule has 2 aliphatic rings. The van der Waals surface area contributed by atoms with Gasteiger partial charge in [0, 0.05) is 39.2 Å². The molecule has 0 radical (unpaired) electrons. The number of benzene rings is 1. The third kappa shape index (κ3) is 4.44. The second-order valence-corrected chi connectivity index (χ2v) is 10.3. The number of carbonyl (C=O) groups excluding carboxylic acids is 2. The maximum Gasteiger partial charge on any atom is 0.352 e.